The summed E-state index contributed by atoms with van der Waals surface area (Å²) in [5.74, 6) is 0.990. The van der Waals surface area contributed by atoms with Crippen molar-refractivity contribution in [3.8, 4) is 0 Å². The molecular weight excluding hydrogens is 258 g/mol. The van der Waals surface area contributed by atoms with Crippen LogP contribution in [0.25, 0.3) is 0 Å². The number of piperidine rings is 1. The van der Waals surface area contributed by atoms with Crippen molar-refractivity contribution >= 4 is 17.7 Å². The smallest absolute Gasteiger partial charge is 0.232 e. The minimum atomic E-state index is 0.329. The molecule has 0 radical (unpaired) electrons. The molecule has 2 heterocycles. The molecule has 0 aliphatic carbocycles. The molecule has 2 aliphatic heterocycles. The summed E-state index contributed by atoms with van der Waals surface area (Å²) >= 11 is 1.86. The largest absolute Gasteiger partial charge is 0.339 e. The fraction of sp³-hybridized carbons (Fsp3) is 0.929. The van der Waals surface area contributed by atoms with Crippen LogP contribution in [-0.2, 0) is 4.79 Å². The first-order valence-electron chi connectivity index (χ1n) is 7.40. The summed E-state index contributed by atoms with van der Waals surface area (Å²) < 4.78 is 0. The fourth-order valence-corrected chi connectivity index (χ4v) is 3.98. The lowest BCUT2D eigenvalue weighted by molar-refractivity contribution is -0.132. The molecule has 1 amide bonds. The number of nitrogens with one attached hydrogen (secondary N) is 1. The average molecular weight is 285 g/mol. The van der Waals surface area contributed by atoms with Crippen molar-refractivity contribution in [1.82, 2.24) is 15.1 Å². The molecule has 2 unspecified atom stereocenters. The highest BCUT2D eigenvalue weighted by molar-refractivity contribution is 8.00. The van der Waals surface area contributed by atoms with E-state index in [1.165, 1.54) is 12.8 Å². The lowest BCUT2D eigenvalue weighted by atomic mass is 10.1. The molecule has 4 nitrogen and oxygen atoms in total. The van der Waals surface area contributed by atoms with Gasteiger partial charge in [-0.1, -0.05) is 0 Å². The number of hydrogen-bond donors (Lipinski definition) is 1. The van der Waals surface area contributed by atoms with E-state index in [9.17, 15) is 4.79 Å². The average Bonchev–Trinajstić information content (AvgIpc) is 2.42. The molecule has 2 atom stereocenters. The molecule has 0 aromatic rings. The van der Waals surface area contributed by atoms with Gasteiger partial charge in [0, 0.05) is 30.4 Å². The summed E-state index contributed by atoms with van der Waals surface area (Å²) in [6, 6.07) is 0.938. The lowest BCUT2D eigenvalue weighted by Crippen LogP contribution is -2.56. The van der Waals surface area contributed by atoms with Gasteiger partial charge in [0.05, 0.1) is 5.75 Å². The molecule has 0 spiro atoms. The SMILES string of the molecule is CC1CN(C(=O)CSC2CCNCC2)CC(C)N1C. The van der Waals surface area contributed by atoms with Gasteiger partial charge in [0.2, 0.25) is 5.91 Å². The summed E-state index contributed by atoms with van der Waals surface area (Å²) in [4.78, 5) is 16.7. The number of nitrogens with zero attached hydrogens (tertiary/aromatic N) is 2. The number of hydrogen-bond acceptors (Lipinski definition) is 4. The van der Waals surface area contributed by atoms with Gasteiger partial charge >= 0.3 is 0 Å². The second-order valence-electron chi connectivity index (χ2n) is 5.92. The highest BCUT2D eigenvalue weighted by atomic mass is 32.2. The third-order valence-electron chi connectivity index (χ3n) is 4.44. The zero-order valence-electron chi connectivity index (χ0n) is 12.4. The van der Waals surface area contributed by atoms with Gasteiger partial charge in [0.15, 0.2) is 0 Å². The summed E-state index contributed by atoms with van der Waals surface area (Å²) in [5.41, 5.74) is 0. The van der Waals surface area contributed by atoms with Crippen molar-refractivity contribution in [3.63, 3.8) is 0 Å². The van der Waals surface area contributed by atoms with E-state index in [4.69, 9.17) is 0 Å². The second-order valence-corrected chi connectivity index (χ2v) is 7.21. The van der Waals surface area contributed by atoms with Crippen LogP contribution in [0.5, 0.6) is 0 Å². The first-order valence-corrected chi connectivity index (χ1v) is 8.45. The Hall–Kier alpha value is -0.260. The molecule has 2 saturated heterocycles. The standard InChI is InChI=1S/C14H27N3OS/c1-11-8-17(9-12(2)16(11)3)14(18)10-19-13-4-6-15-7-5-13/h11-13,15H,4-10H2,1-3H3. The van der Waals surface area contributed by atoms with Gasteiger partial charge in [-0.05, 0) is 46.8 Å². The molecule has 2 aliphatic rings. The minimum Gasteiger partial charge on any atom is -0.339 e. The Balaban J connectivity index is 1.76. The van der Waals surface area contributed by atoms with Crippen molar-refractivity contribution < 1.29 is 4.79 Å². The van der Waals surface area contributed by atoms with Crippen LogP contribution in [0.2, 0.25) is 0 Å². The molecule has 1 N–H and O–H groups in total. The van der Waals surface area contributed by atoms with Crippen LogP contribution in [0.3, 0.4) is 0 Å². The summed E-state index contributed by atoms with van der Waals surface area (Å²) in [6.07, 6.45) is 2.40. The van der Waals surface area contributed by atoms with Crippen LogP contribution >= 0.6 is 11.8 Å². The molecule has 110 valence electrons. The van der Waals surface area contributed by atoms with E-state index in [0.717, 1.165) is 26.2 Å². The van der Waals surface area contributed by atoms with Crippen LogP contribution in [0, 0.1) is 0 Å². The summed E-state index contributed by atoms with van der Waals surface area (Å²) in [5, 5.41) is 4.04. The Morgan fingerprint density at radius 2 is 1.79 bits per heavy atom. The number of carbonyl (C=O) groups is 1. The molecule has 0 aromatic carbocycles. The van der Waals surface area contributed by atoms with Crippen molar-refractivity contribution in [1.29, 1.82) is 0 Å². The van der Waals surface area contributed by atoms with E-state index >= 15 is 0 Å². The van der Waals surface area contributed by atoms with Gasteiger partial charge in [0.1, 0.15) is 0 Å². The number of likely N-dealkylation sites (N-methyl/N-ethyl adjacent to an activating group) is 1. The van der Waals surface area contributed by atoms with E-state index in [0.29, 0.717) is 29.0 Å². The Morgan fingerprint density at radius 1 is 1.21 bits per heavy atom. The Labute approximate surface area is 121 Å². The predicted molar refractivity (Wildman–Crippen MR) is 81.6 cm³/mol. The van der Waals surface area contributed by atoms with Gasteiger partial charge in [0.25, 0.3) is 0 Å². The molecule has 2 fully saturated rings. The van der Waals surface area contributed by atoms with Crippen LogP contribution in [0.4, 0.5) is 0 Å². The van der Waals surface area contributed by atoms with Crippen LogP contribution in [-0.4, -0.2) is 72.0 Å². The molecule has 5 heteroatoms. The lowest BCUT2D eigenvalue weighted by Gasteiger charge is -2.42. The number of piperazine rings is 1. The van der Waals surface area contributed by atoms with Crippen LogP contribution < -0.4 is 5.32 Å². The molecule has 0 aromatic heterocycles. The monoisotopic (exact) mass is 285 g/mol. The zero-order valence-corrected chi connectivity index (χ0v) is 13.2. The van der Waals surface area contributed by atoms with Gasteiger partial charge in [-0.15, -0.1) is 11.8 Å². The Bertz CT molecular complexity index is 295. The molecule has 2 rings (SSSR count). The quantitative estimate of drug-likeness (QED) is 0.840. The van der Waals surface area contributed by atoms with E-state index in [1.54, 1.807) is 0 Å². The van der Waals surface area contributed by atoms with Gasteiger partial charge in [-0.25, -0.2) is 0 Å². The van der Waals surface area contributed by atoms with E-state index in [-0.39, 0.29) is 0 Å². The molecule has 0 saturated carbocycles. The predicted octanol–water partition coefficient (Wildman–Crippen LogP) is 1.02. The summed E-state index contributed by atoms with van der Waals surface area (Å²) in [7, 11) is 2.15. The molecule has 0 bridgehead atoms. The second kappa shape index (κ2) is 6.95. The highest BCUT2D eigenvalue weighted by Crippen LogP contribution is 2.21. The highest BCUT2D eigenvalue weighted by Gasteiger charge is 2.29. The Kier molecular flexibility index (Phi) is 5.54. The van der Waals surface area contributed by atoms with Crippen molar-refractivity contribution in [2.75, 3.05) is 39.0 Å². The first-order chi connectivity index (χ1) is 9.08. The third-order valence-corrected chi connectivity index (χ3v) is 5.80. The van der Waals surface area contributed by atoms with Crippen LogP contribution in [0.1, 0.15) is 26.7 Å². The normalized spacial score (nSPS) is 30.6. The Morgan fingerprint density at radius 3 is 2.37 bits per heavy atom. The van der Waals surface area contributed by atoms with E-state index in [2.05, 4.69) is 36.0 Å². The van der Waals surface area contributed by atoms with Gasteiger partial charge < -0.3 is 10.2 Å². The van der Waals surface area contributed by atoms with E-state index in [1.807, 2.05) is 11.8 Å². The molecule has 19 heavy (non-hydrogen) atoms. The van der Waals surface area contributed by atoms with Crippen LogP contribution in [0.15, 0.2) is 0 Å². The van der Waals surface area contributed by atoms with Gasteiger partial charge in [-0.2, -0.15) is 0 Å². The van der Waals surface area contributed by atoms with Gasteiger partial charge in [-0.3, -0.25) is 9.69 Å². The number of carbonyl (C=O) groups excluding carboxylic acids is 1. The molecular formula is C14H27N3OS. The van der Waals surface area contributed by atoms with Crippen molar-refractivity contribution in [3.05, 3.63) is 0 Å². The minimum absolute atomic E-state index is 0.329. The zero-order chi connectivity index (χ0) is 13.8. The first kappa shape index (κ1) is 15.1. The van der Waals surface area contributed by atoms with Crippen molar-refractivity contribution in [2.45, 2.75) is 44.0 Å². The number of rotatable bonds is 3. The topological polar surface area (TPSA) is 35.6 Å². The maximum absolute atomic E-state index is 12.3. The number of thioether (sulfide) groups is 1. The maximum atomic E-state index is 12.3. The maximum Gasteiger partial charge on any atom is 0.232 e. The van der Waals surface area contributed by atoms with Crippen molar-refractivity contribution in [2.24, 2.45) is 0 Å². The number of amides is 1. The fourth-order valence-electron chi connectivity index (χ4n) is 2.85. The summed E-state index contributed by atoms with van der Waals surface area (Å²) in [6.45, 7) is 8.38. The third kappa shape index (κ3) is 4.10. The van der Waals surface area contributed by atoms with E-state index < -0.39 is 0 Å².